The average molecular weight is 292 g/mol. The van der Waals surface area contributed by atoms with Crippen LogP contribution in [0.3, 0.4) is 0 Å². The van der Waals surface area contributed by atoms with Gasteiger partial charge in [-0.25, -0.2) is 0 Å². The Hall–Kier alpha value is -0.660. The van der Waals surface area contributed by atoms with Crippen LogP contribution in [-0.4, -0.2) is 55.8 Å². The number of carbonyl (C=O) groups is 1. The van der Waals surface area contributed by atoms with Crippen LogP contribution in [0.25, 0.3) is 0 Å². The number of methoxy groups -OCH3 is 1. The summed E-state index contributed by atoms with van der Waals surface area (Å²) in [5.74, 6) is -0.401. The lowest BCUT2D eigenvalue weighted by atomic mass is 10.0. The van der Waals surface area contributed by atoms with Crippen LogP contribution in [-0.2, 0) is 19.7 Å². The van der Waals surface area contributed by atoms with E-state index in [2.05, 4.69) is 4.74 Å². The SMILES string of the molecule is COC(=O)CCN(C)S(=O)(=O)N1[C@H](C)CCC[C@@H]1C. The molecule has 0 aliphatic carbocycles. The van der Waals surface area contributed by atoms with Gasteiger partial charge in [-0.1, -0.05) is 6.42 Å². The van der Waals surface area contributed by atoms with E-state index in [9.17, 15) is 13.2 Å². The summed E-state index contributed by atoms with van der Waals surface area (Å²) in [6.07, 6.45) is 2.89. The predicted molar refractivity (Wildman–Crippen MR) is 72.8 cm³/mol. The van der Waals surface area contributed by atoms with Crippen LogP contribution in [0.1, 0.15) is 39.5 Å². The summed E-state index contributed by atoms with van der Waals surface area (Å²) < 4.78 is 32.3. The standard InChI is InChI=1S/C12H24N2O4S/c1-10-6-5-7-11(2)14(10)19(16,17)13(3)9-8-12(15)18-4/h10-11H,5-9H2,1-4H3/t10-,11+. The predicted octanol–water partition coefficient (Wildman–Crippen LogP) is 0.989. The maximum Gasteiger partial charge on any atom is 0.306 e. The maximum atomic E-state index is 12.5. The molecule has 1 fully saturated rings. The molecule has 1 aliphatic rings. The van der Waals surface area contributed by atoms with Crippen molar-refractivity contribution in [2.24, 2.45) is 0 Å². The molecule has 7 heteroatoms. The average Bonchev–Trinajstić information content (AvgIpc) is 2.34. The lowest BCUT2D eigenvalue weighted by molar-refractivity contribution is -0.140. The highest BCUT2D eigenvalue weighted by molar-refractivity contribution is 7.86. The summed E-state index contributed by atoms with van der Waals surface area (Å²) >= 11 is 0. The highest BCUT2D eigenvalue weighted by Gasteiger charge is 2.37. The first kappa shape index (κ1) is 16.4. The van der Waals surface area contributed by atoms with Gasteiger partial charge in [0.2, 0.25) is 0 Å². The Morgan fingerprint density at radius 1 is 1.32 bits per heavy atom. The molecule has 0 amide bonds. The zero-order valence-electron chi connectivity index (χ0n) is 12.1. The van der Waals surface area contributed by atoms with E-state index in [1.54, 1.807) is 4.31 Å². The first-order chi connectivity index (χ1) is 8.80. The highest BCUT2D eigenvalue weighted by atomic mass is 32.2. The zero-order valence-corrected chi connectivity index (χ0v) is 12.9. The third kappa shape index (κ3) is 3.90. The normalized spacial score (nSPS) is 25.5. The molecule has 0 bridgehead atoms. The molecule has 0 radical (unpaired) electrons. The number of ether oxygens (including phenoxy) is 1. The second-order valence-electron chi connectivity index (χ2n) is 5.11. The van der Waals surface area contributed by atoms with E-state index < -0.39 is 16.2 Å². The molecule has 112 valence electrons. The minimum Gasteiger partial charge on any atom is -0.469 e. The molecule has 1 rings (SSSR count). The van der Waals surface area contributed by atoms with Crippen molar-refractivity contribution in [3.8, 4) is 0 Å². The van der Waals surface area contributed by atoms with E-state index in [4.69, 9.17) is 0 Å². The van der Waals surface area contributed by atoms with Gasteiger partial charge in [-0.2, -0.15) is 17.0 Å². The number of hydrogen-bond acceptors (Lipinski definition) is 4. The largest absolute Gasteiger partial charge is 0.469 e. The Morgan fingerprint density at radius 2 is 1.84 bits per heavy atom. The first-order valence-corrected chi connectivity index (χ1v) is 8.02. The smallest absolute Gasteiger partial charge is 0.306 e. The third-order valence-corrected chi connectivity index (χ3v) is 5.85. The minimum atomic E-state index is -3.51. The zero-order chi connectivity index (χ0) is 14.6. The molecule has 1 aliphatic heterocycles. The summed E-state index contributed by atoms with van der Waals surface area (Å²) in [4.78, 5) is 11.1. The quantitative estimate of drug-likeness (QED) is 0.709. The molecule has 0 unspecified atom stereocenters. The highest BCUT2D eigenvalue weighted by Crippen LogP contribution is 2.26. The Bertz CT molecular complexity index is 400. The van der Waals surface area contributed by atoms with Gasteiger partial charge < -0.3 is 4.74 Å². The van der Waals surface area contributed by atoms with E-state index >= 15 is 0 Å². The van der Waals surface area contributed by atoms with Crippen molar-refractivity contribution < 1.29 is 17.9 Å². The molecule has 0 aromatic rings. The molecular weight excluding hydrogens is 268 g/mol. The van der Waals surface area contributed by atoms with Gasteiger partial charge in [0.05, 0.1) is 13.5 Å². The van der Waals surface area contributed by atoms with Crippen LogP contribution in [0, 0.1) is 0 Å². The van der Waals surface area contributed by atoms with E-state index in [0.29, 0.717) is 0 Å². The number of hydrogen-bond donors (Lipinski definition) is 0. The van der Waals surface area contributed by atoms with Crippen LogP contribution in [0.2, 0.25) is 0 Å². The van der Waals surface area contributed by atoms with Crippen molar-refractivity contribution in [1.82, 2.24) is 8.61 Å². The molecule has 0 aromatic carbocycles. The summed E-state index contributed by atoms with van der Waals surface area (Å²) in [6, 6.07) is 0.0173. The second-order valence-corrected chi connectivity index (χ2v) is 7.05. The summed E-state index contributed by atoms with van der Waals surface area (Å²) in [7, 11) is -0.702. The van der Waals surface area contributed by atoms with Crippen molar-refractivity contribution in [3.05, 3.63) is 0 Å². The number of piperidine rings is 1. The van der Waals surface area contributed by atoms with Crippen molar-refractivity contribution in [1.29, 1.82) is 0 Å². The van der Waals surface area contributed by atoms with Crippen LogP contribution in [0.15, 0.2) is 0 Å². The van der Waals surface area contributed by atoms with E-state index in [1.807, 2.05) is 13.8 Å². The Balaban J connectivity index is 2.75. The fraction of sp³-hybridized carbons (Fsp3) is 0.917. The number of carbonyl (C=O) groups excluding carboxylic acids is 1. The van der Waals surface area contributed by atoms with Crippen LogP contribution in [0.4, 0.5) is 0 Å². The van der Waals surface area contributed by atoms with E-state index in [-0.39, 0.29) is 25.0 Å². The lowest BCUT2D eigenvalue weighted by Gasteiger charge is -2.39. The number of rotatable bonds is 5. The molecule has 19 heavy (non-hydrogen) atoms. The summed E-state index contributed by atoms with van der Waals surface area (Å²) in [5, 5.41) is 0. The topological polar surface area (TPSA) is 66.9 Å². The Morgan fingerprint density at radius 3 is 2.32 bits per heavy atom. The summed E-state index contributed by atoms with van der Waals surface area (Å²) in [5.41, 5.74) is 0. The molecule has 0 saturated carbocycles. The fourth-order valence-electron chi connectivity index (χ4n) is 2.48. The van der Waals surface area contributed by atoms with Gasteiger partial charge >= 0.3 is 5.97 Å². The minimum absolute atomic E-state index is 0.00864. The second kappa shape index (κ2) is 6.67. The lowest BCUT2D eigenvalue weighted by Crippen LogP contribution is -2.52. The van der Waals surface area contributed by atoms with Gasteiger partial charge in [-0.3, -0.25) is 4.79 Å². The number of nitrogens with zero attached hydrogens (tertiary/aromatic N) is 2. The van der Waals surface area contributed by atoms with Gasteiger partial charge in [-0.05, 0) is 26.7 Å². The van der Waals surface area contributed by atoms with Crippen LogP contribution < -0.4 is 0 Å². The van der Waals surface area contributed by atoms with Gasteiger partial charge in [0.15, 0.2) is 0 Å². The maximum absolute atomic E-state index is 12.5. The van der Waals surface area contributed by atoms with Crippen molar-refractivity contribution in [2.45, 2.75) is 51.6 Å². The van der Waals surface area contributed by atoms with E-state index in [1.165, 1.54) is 18.5 Å². The van der Waals surface area contributed by atoms with Gasteiger partial charge in [0.1, 0.15) is 0 Å². The van der Waals surface area contributed by atoms with Crippen LogP contribution in [0.5, 0.6) is 0 Å². The van der Waals surface area contributed by atoms with Crippen molar-refractivity contribution >= 4 is 16.2 Å². The van der Waals surface area contributed by atoms with Crippen LogP contribution >= 0.6 is 0 Å². The molecule has 1 saturated heterocycles. The fourth-order valence-corrected chi connectivity index (χ4v) is 4.24. The molecular formula is C12H24N2O4S. The van der Waals surface area contributed by atoms with Gasteiger partial charge in [0.25, 0.3) is 10.2 Å². The molecule has 1 heterocycles. The molecule has 0 spiro atoms. The molecule has 0 N–H and O–H groups in total. The van der Waals surface area contributed by atoms with Crippen molar-refractivity contribution in [2.75, 3.05) is 20.7 Å². The van der Waals surface area contributed by atoms with Gasteiger partial charge in [-0.15, -0.1) is 0 Å². The Kier molecular flexibility index (Phi) is 5.76. The summed E-state index contributed by atoms with van der Waals surface area (Å²) in [6.45, 7) is 4.01. The molecule has 2 atom stereocenters. The molecule has 6 nitrogen and oxygen atoms in total. The Labute approximate surface area is 115 Å². The third-order valence-electron chi connectivity index (χ3n) is 3.63. The van der Waals surface area contributed by atoms with Crippen molar-refractivity contribution in [3.63, 3.8) is 0 Å². The molecule has 0 aromatic heterocycles. The van der Waals surface area contributed by atoms with E-state index in [0.717, 1.165) is 19.3 Å². The number of esters is 1. The first-order valence-electron chi connectivity index (χ1n) is 6.62. The monoisotopic (exact) mass is 292 g/mol. The van der Waals surface area contributed by atoms with Gasteiger partial charge in [0, 0.05) is 25.7 Å².